The summed E-state index contributed by atoms with van der Waals surface area (Å²) in [6.07, 6.45) is 2.02. The largest absolute Gasteiger partial charge is 0.482 e. The van der Waals surface area contributed by atoms with E-state index in [2.05, 4.69) is 0 Å². The van der Waals surface area contributed by atoms with Crippen LogP contribution in [0.3, 0.4) is 0 Å². The van der Waals surface area contributed by atoms with Crippen molar-refractivity contribution in [3.05, 3.63) is 101 Å². The van der Waals surface area contributed by atoms with Gasteiger partial charge in [-0.05, 0) is 47.4 Å². The van der Waals surface area contributed by atoms with Crippen LogP contribution in [0.4, 0.5) is 13.2 Å². The van der Waals surface area contributed by atoms with Crippen LogP contribution in [0.1, 0.15) is 22.3 Å². The average Bonchev–Trinajstić information content (AvgIpc) is 2.82. The molecule has 3 rings (SSSR count). The van der Waals surface area contributed by atoms with Gasteiger partial charge in [-0.1, -0.05) is 60.7 Å². The number of hydrogen-bond donors (Lipinski definition) is 1. The second-order valence-electron chi connectivity index (χ2n) is 7.32. The summed E-state index contributed by atoms with van der Waals surface area (Å²) in [4.78, 5) is 11.7. The van der Waals surface area contributed by atoms with Gasteiger partial charge < -0.3 is 9.84 Å². The molecule has 0 fully saturated rings. The van der Waals surface area contributed by atoms with E-state index in [1.165, 1.54) is 12.1 Å². The van der Waals surface area contributed by atoms with Crippen molar-refractivity contribution in [3.63, 3.8) is 0 Å². The second-order valence-corrected chi connectivity index (χ2v) is 8.41. The Morgan fingerprint density at radius 1 is 1.03 bits per heavy atom. The van der Waals surface area contributed by atoms with Gasteiger partial charge in [-0.25, -0.2) is 9.18 Å². The third-order valence-corrected chi connectivity index (χ3v) is 5.83. The normalized spacial score (nSPS) is 11.9. The molecule has 0 aliphatic carbocycles. The Hall–Kier alpha value is -3.19. The zero-order valence-electron chi connectivity index (χ0n) is 17.9. The van der Waals surface area contributed by atoms with E-state index >= 15 is 0 Å². The maximum absolute atomic E-state index is 13.6. The Kier molecular flexibility index (Phi) is 8.22. The number of aliphatic carboxylic acids is 1. The monoisotopic (exact) mass is 472 g/mol. The van der Waals surface area contributed by atoms with Gasteiger partial charge in [0.25, 0.3) is 0 Å². The van der Waals surface area contributed by atoms with E-state index in [9.17, 15) is 18.0 Å². The summed E-state index contributed by atoms with van der Waals surface area (Å²) in [5.41, 5.74) is 3.07. The smallest absolute Gasteiger partial charge is 0.341 e. The van der Waals surface area contributed by atoms with Crippen LogP contribution in [0.2, 0.25) is 0 Å². The number of halogens is 3. The Morgan fingerprint density at radius 3 is 2.30 bits per heavy atom. The van der Waals surface area contributed by atoms with E-state index in [1.807, 2.05) is 55.5 Å². The summed E-state index contributed by atoms with van der Waals surface area (Å²) < 4.78 is 45.2. The number of ether oxygens (including phenoxy) is 1. The van der Waals surface area contributed by atoms with Gasteiger partial charge in [-0.15, -0.1) is 11.8 Å². The van der Waals surface area contributed by atoms with Crippen LogP contribution in [-0.4, -0.2) is 30.1 Å². The van der Waals surface area contributed by atoms with Crippen molar-refractivity contribution < 1.29 is 27.8 Å². The predicted molar refractivity (Wildman–Crippen MR) is 125 cm³/mol. The second kappa shape index (κ2) is 11.1. The lowest BCUT2D eigenvalue weighted by atomic mass is 9.96. The zero-order valence-corrected chi connectivity index (χ0v) is 18.7. The van der Waals surface area contributed by atoms with E-state index in [0.717, 1.165) is 27.2 Å². The first-order chi connectivity index (χ1) is 15.8. The van der Waals surface area contributed by atoms with Crippen LogP contribution in [0.25, 0.3) is 5.57 Å². The molecule has 0 amide bonds. The molecule has 0 radical (unpaired) electrons. The van der Waals surface area contributed by atoms with E-state index in [-0.39, 0.29) is 5.56 Å². The van der Waals surface area contributed by atoms with Gasteiger partial charge in [0.05, 0.1) is 0 Å². The molecule has 0 bridgehead atoms. The van der Waals surface area contributed by atoms with Crippen LogP contribution < -0.4 is 4.74 Å². The maximum atomic E-state index is 13.6. The van der Waals surface area contributed by atoms with Crippen LogP contribution >= 0.6 is 11.8 Å². The fraction of sp³-hybridized carbons (Fsp3) is 0.192. The summed E-state index contributed by atoms with van der Waals surface area (Å²) >= 11 is 1.58. The van der Waals surface area contributed by atoms with Gasteiger partial charge in [-0.3, -0.25) is 0 Å². The summed E-state index contributed by atoms with van der Waals surface area (Å²) in [7, 11) is 0. The molecule has 0 saturated heterocycles. The van der Waals surface area contributed by atoms with Crippen molar-refractivity contribution in [2.24, 2.45) is 0 Å². The molecule has 0 aliphatic rings. The third-order valence-electron chi connectivity index (χ3n) is 4.91. The zero-order chi connectivity index (χ0) is 23.8. The number of carbonyl (C=O) groups is 1. The summed E-state index contributed by atoms with van der Waals surface area (Å²) in [5, 5.41) is 8.75. The Morgan fingerprint density at radius 2 is 1.70 bits per heavy atom. The number of carboxylic acids is 1. The van der Waals surface area contributed by atoms with Gasteiger partial charge in [0.2, 0.25) is 0 Å². The molecule has 0 heterocycles. The lowest BCUT2D eigenvalue weighted by molar-refractivity contribution is -0.139. The van der Waals surface area contributed by atoms with Gasteiger partial charge in [-0.2, -0.15) is 8.78 Å². The molecule has 0 aliphatic heterocycles. The van der Waals surface area contributed by atoms with Gasteiger partial charge >= 0.3 is 11.9 Å². The fourth-order valence-corrected chi connectivity index (χ4v) is 4.09. The van der Waals surface area contributed by atoms with Gasteiger partial charge in [0.1, 0.15) is 5.75 Å². The molecule has 0 atom stereocenters. The van der Waals surface area contributed by atoms with E-state index in [1.54, 1.807) is 30.0 Å². The minimum Gasteiger partial charge on any atom is -0.482 e. The summed E-state index contributed by atoms with van der Waals surface area (Å²) in [5.74, 6) is -3.40. The highest BCUT2D eigenvalue weighted by Crippen LogP contribution is 2.32. The molecular formula is C26H23F3O3S. The molecule has 7 heteroatoms. The standard InChI is InChI=1S/C26H23F3O3S/c1-18-15-22(11-12-24(18)32-16-25(30)31)33-14-13-23(19-5-3-2-4-6-19)20-7-9-21(10-8-20)26(28,29)17-27/h2-13,15H,14,16-17H2,1H3,(H,30,31)/b23-13-. The number of alkyl halides is 3. The van der Waals surface area contributed by atoms with E-state index in [4.69, 9.17) is 9.84 Å². The molecule has 0 aromatic heterocycles. The van der Waals surface area contributed by atoms with Crippen molar-refractivity contribution in [2.45, 2.75) is 17.7 Å². The number of hydrogen-bond acceptors (Lipinski definition) is 3. The van der Waals surface area contributed by atoms with Crippen LogP contribution in [0, 0.1) is 6.92 Å². The number of thioether (sulfide) groups is 1. The first-order valence-corrected chi connectivity index (χ1v) is 11.2. The first-order valence-electron chi connectivity index (χ1n) is 10.2. The Bertz CT molecular complexity index is 1110. The molecule has 3 aromatic carbocycles. The lowest BCUT2D eigenvalue weighted by Gasteiger charge is -2.14. The molecule has 0 spiro atoms. The molecule has 0 unspecified atom stereocenters. The highest BCUT2D eigenvalue weighted by molar-refractivity contribution is 7.99. The molecule has 3 nitrogen and oxygen atoms in total. The highest BCUT2D eigenvalue weighted by atomic mass is 32.2. The third kappa shape index (κ3) is 6.65. The first kappa shape index (κ1) is 24.5. The molecule has 33 heavy (non-hydrogen) atoms. The van der Waals surface area contributed by atoms with Crippen LogP contribution in [0.15, 0.2) is 83.8 Å². The Labute approximate surface area is 194 Å². The molecular weight excluding hydrogens is 449 g/mol. The SMILES string of the molecule is Cc1cc(SC/C=C(/c2ccccc2)c2ccc(C(F)(F)CF)cc2)ccc1OCC(=O)O. The topological polar surface area (TPSA) is 46.5 Å². The van der Waals surface area contributed by atoms with Crippen LogP contribution in [0.5, 0.6) is 5.75 Å². The minimum absolute atomic E-state index is 0.351. The van der Waals surface area contributed by atoms with Gasteiger partial charge in [0, 0.05) is 16.2 Å². The number of benzene rings is 3. The fourth-order valence-electron chi connectivity index (χ4n) is 3.23. The Balaban J connectivity index is 1.79. The van der Waals surface area contributed by atoms with E-state index < -0.39 is 25.2 Å². The summed E-state index contributed by atoms with van der Waals surface area (Å²) in [6.45, 7) is -0.280. The molecule has 172 valence electrons. The predicted octanol–water partition coefficient (Wildman–Crippen LogP) is 6.74. The van der Waals surface area contributed by atoms with Crippen molar-refractivity contribution >= 4 is 23.3 Å². The van der Waals surface area contributed by atoms with Crippen molar-refractivity contribution in [2.75, 3.05) is 19.0 Å². The van der Waals surface area contributed by atoms with Gasteiger partial charge in [0.15, 0.2) is 13.3 Å². The average molecular weight is 473 g/mol. The molecule has 3 aromatic rings. The summed E-state index contributed by atoms with van der Waals surface area (Å²) in [6, 6.07) is 20.8. The number of aryl methyl sites for hydroxylation is 1. The van der Waals surface area contributed by atoms with Crippen molar-refractivity contribution in [1.29, 1.82) is 0 Å². The van der Waals surface area contributed by atoms with E-state index in [0.29, 0.717) is 11.5 Å². The van der Waals surface area contributed by atoms with Crippen molar-refractivity contribution in [3.8, 4) is 5.75 Å². The number of rotatable bonds is 10. The number of carboxylic acid groups (broad SMARTS) is 1. The highest BCUT2D eigenvalue weighted by Gasteiger charge is 2.31. The maximum Gasteiger partial charge on any atom is 0.341 e. The van der Waals surface area contributed by atoms with Crippen LogP contribution in [-0.2, 0) is 10.7 Å². The van der Waals surface area contributed by atoms with Crippen molar-refractivity contribution in [1.82, 2.24) is 0 Å². The lowest BCUT2D eigenvalue weighted by Crippen LogP contribution is -2.15. The quantitative estimate of drug-likeness (QED) is 0.332. The molecule has 1 N–H and O–H groups in total. The molecule has 0 saturated carbocycles. The minimum atomic E-state index is -3.50.